The second kappa shape index (κ2) is 6.16. The molecule has 1 aromatic carbocycles. The zero-order chi connectivity index (χ0) is 15.6. The molecule has 0 amide bonds. The lowest BCUT2D eigenvalue weighted by atomic mass is 9.99. The van der Waals surface area contributed by atoms with Crippen LogP contribution in [-0.2, 0) is 24.7 Å². The lowest BCUT2D eigenvalue weighted by Crippen LogP contribution is -2.10. The van der Waals surface area contributed by atoms with Gasteiger partial charge in [0.15, 0.2) is 5.58 Å². The maximum absolute atomic E-state index is 12.1. The molecule has 5 heteroatoms. The molecule has 5 nitrogen and oxygen atoms in total. The summed E-state index contributed by atoms with van der Waals surface area (Å²) >= 11 is 0. The molecule has 0 unspecified atom stereocenters. The number of carbonyl (C=O) groups is 1. The van der Waals surface area contributed by atoms with Crippen molar-refractivity contribution in [2.45, 2.75) is 46.5 Å². The van der Waals surface area contributed by atoms with E-state index in [1.165, 1.54) is 11.7 Å². The van der Waals surface area contributed by atoms with Gasteiger partial charge in [-0.2, -0.15) is 4.74 Å². The van der Waals surface area contributed by atoms with Crippen LogP contribution in [0.1, 0.15) is 44.7 Å². The van der Waals surface area contributed by atoms with E-state index in [-0.39, 0.29) is 11.5 Å². The van der Waals surface area contributed by atoms with Crippen molar-refractivity contribution in [2.24, 2.45) is 7.05 Å². The molecule has 0 fully saturated rings. The Labute approximate surface area is 123 Å². The summed E-state index contributed by atoms with van der Waals surface area (Å²) in [5.41, 5.74) is 2.07. The highest BCUT2D eigenvalue weighted by molar-refractivity contribution is 5.85. The quantitative estimate of drug-likeness (QED) is 0.627. The van der Waals surface area contributed by atoms with Gasteiger partial charge in [-0.1, -0.05) is 26.7 Å². The summed E-state index contributed by atoms with van der Waals surface area (Å²) in [6, 6.07) is 1.79. The first-order valence-corrected chi connectivity index (χ1v) is 7.32. The van der Waals surface area contributed by atoms with Crippen molar-refractivity contribution in [3.63, 3.8) is 0 Å². The number of aromatic nitrogens is 1. The van der Waals surface area contributed by atoms with Crippen LogP contribution < -0.4 is 10.3 Å². The Hall–Kier alpha value is -2.04. The summed E-state index contributed by atoms with van der Waals surface area (Å²) in [7, 11) is 1.59. The van der Waals surface area contributed by atoms with E-state index < -0.39 is 0 Å². The maximum atomic E-state index is 12.1. The zero-order valence-electron chi connectivity index (χ0n) is 13.0. The van der Waals surface area contributed by atoms with E-state index in [1.807, 2.05) is 6.92 Å². The normalized spacial score (nSPS) is 11.0. The minimum atomic E-state index is -0.359. The average Bonchev–Trinajstić information content (AvgIpc) is 2.70. The molecular weight excluding hydrogens is 270 g/mol. The molecule has 0 saturated carbocycles. The minimum absolute atomic E-state index is 0.158. The third-order valence-corrected chi connectivity index (χ3v) is 3.41. The Balaban J connectivity index is 2.80. The number of ether oxygens (including phenoxy) is 1. The van der Waals surface area contributed by atoms with E-state index >= 15 is 0 Å². The van der Waals surface area contributed by atoms with Crippen molar-refractivity contribution in [3.8, 4) is 5.75 Å². The van der Waals surface area contributed by atoms with Crippen molar-refractivity contribution in [3.05, 3.63) is 27.5 Å². The molecule has 0 aliphatic carbocycles. The van der Waals surface area contributed by atoms with E-state index in [4.69, 9.17) is 9.26 Å². The fourth-order valence-electron chi connectivity index (χ4n) is 2.58. The molecule has 0 spiro atoms. The van der Waals surface area contributed by atoms with Crippen LogP contribution in [0.3, 0.4) is 0 Å². The summed E-state index contributed by atoms with van der Waals surface area (Å²) in [5, 5.41) is 0.556. The number of nitrogens with zero attached hydrogens (tertiary/aromatic N) is 1. The number of benzene rings is 1. The number of aryl methyl sites for hydroxylation is 3. The van der Waals surface area contributed by atoms with E-state index in [0.29, 0.717) is 23.1 Å². The molecule has 0 aliphatic rings. The monoisotopic (exact) mass is 291 g/mol. The zero-order valence-corrected chi connectivity index (χ0v) is 13.0. The van der Waals surface area contributed by atoms with Crippen LogP contribution in [0.4, 0.5) is 0 Å². The Kier molecular flexibility index (Phi) is 4.50. The van der Waals surface area contributed by atoms with Crippen LogP contribution >= 0.6 is 0 Å². The van der Waals surface area contributed by atoms with Gasteiger partial charge in [0.25, 0.3) is 5.56 Å². The molecule has 2 aromatic rings. The van der Waals surface area contributed by atoms with Gasteiger partial charge in [0, 0.05) is 19.5 Å². The minimum Gasteiger partial charge on any atom is -0.426 e. The Bertz CT molecular complexity index is 724. The van der Waals surface area contributed by atoms with E-state index in [1.54, 1.807) is 13.1 Å². The van der Waals surface area contributed by atoms with Gasteiger partial charge in [-0.05, 0) is 24.5 Å². The van der Waals surface area contributed by atoms with Crippen molar-refractivity contribution >= 4 is 16.9 Å². The van der Waals surface area contributed by atoms with Gasteiger partial charge in [0.05, 0.1) is 5.39 Å². The molecule has 0 atom stereocenters. The molecule has 1 aromatic heterocycles. The number of hydrogen-bond acceptors (Lipinski definition) is 4. The predicted octanol–water partition coefficient (Wildman–Crippen LogP) is 2.96. The second-order valence-electron chi connectivity index (χ2n) is 5.21. The smallest absolute Gasteiger partial charge is 0.308 e. The number of esters is 1. The van der Waals surface area contributed by atoms with Gasteiger partial charge in [-0.25, -0.2) is 0 Å². The molecular formula is C16H21NO4. The standard InChI is InChI=1S/C16H21NO4/c1-5-7-11-9-13-15(21-17(4)16(13)19)12(8-6-2)14(11)20-10(3)18/h9H,5-8H2,1-4H3. The van der Waals surface area contributed by atoms with Crippen molar-refractivity contribution < 1.29 is 14.1 Å². The first-order chi connectivity index (χ1) is 9.99. The lowest BCUT2D eigenvalue weighted by Gasteiger charge is -2.13. The van der Waals surface area contributed by atoms with Crippen LogP contribution in [0, 0.1) is 0 Å². The Morgan fingerprint density at radius 3 is 2.52 bits per heavy atom. The molecule has 2 rings (SSSR count). The summed E-state index contributed by atoms with van der Waals surface area (Å²) in [6.45, 7) is 5.47. The number of fused-ring (bicyclic) bond motifs is 1. The number of carbonyl (C=O) groups excluding carboxylic acids is 1. The summed E-state index contributed by atoms with van der Waals surface area (Å²) < 4.78 is 12.2. The Morgan fingerprint density at radius 1 is 1.29 bits per heavy atom. The topological polar surface area (TPSA) is 61.4 Å². The average molecular weight is 291 g/mol. The molecule has 0 bridgehead atoms. The Morgan fingerprint density at radius 2 is 1.95 bits per heavy atom. The molecule has 0 saturated heterocycles. The van der Waals surface area contributed by atoms with E-state index in [0.717, 1.165) is 30.4 Å². The number of hydrogen-bond donors (Lipinski definition) is 0. The maximum Gasteiger partial charge on any atom is 0.308 e. The largest absolute Gasteiger partial charge is 0.426 e. The van der Waals surface area contributed by atoms with Crippen LogP contribution in [0.5, 0.6) is 5.75 Å². The highest BCUT2D eigenvalue weighted by Crippen LogP contribution is 2.33. The number of rotatable bonds is 5. The molecule has 1 heterocycles. The van der Waals surface area contributed by atoms with E-state index in [2.05, 4.69) is 6.92 Å². The highest BCUT2D eigenvalue weighted by atomic mass is 16.5. The molecule has 0 radical (unpaired) electrons. The molecule has 0 N–H and O–H groups in total. The van der Waals surface area contributed by atoms with Gasteiger partial charge in [0.2, 0.25) is 0 Å². The van der Waals surface area contributed by atoms with E-state index in [9.17, 15) is 9.59 Å². The third-order valence-electron chi connectivity index (χ3n) is 3.41. The van der Waals surface area contributed by atoms with Gasteiger partial charge >= 0.3 is 5.97 Å². The van der Waals surface area contributed by atoms with Crippen molar-refractivity contribution in [2.75, 3.05) is 0 Å². The highest BCUT2D eigenvalue weighted by Gasteiger charge is 2.21. The van der Waals surface area contributed by atoms with Crippen molar-refractivity contribution in [1.29, 1.82) is 0 Å². The first-order valence-electron chi connectivity index (χ1n) is 7.32. The lowest BCUT2D eigenvalue weighted by molar-refractivity contribution is -0.132. The fourth-order valence-corrected chi connectivity index (χ4v) is 2.58. The summed E-state index contributed by atoms with van der Waals surface area (Å²) in [6.07, 6.45) is 3.23. The molecule has 114 valence electrons. The fraction of sp³-hybridized carbons (Fsp3) is 0.500. The van der Waals surface area contributed by atoms with Crippen LogP contribution in [0.15, 0.2) is 15.4 Å². The second-order valence-corrected chi connectivity index (χ2v) is 5.21. The van der Waals surface area contributed by atoms with Crippen molar-refractivity contribution in [1.82, 2.24) is 4.74 Å². The van der Waals surface area contributed by atoms with Gasteiger partial charge in [0.1, 0.15) is 5.75 Å². The first kappa shape index (κ1) is 15.4. The van der Waals surface area contributed by atoms with Gasteiger partial charge in [-0.15, -0.1) is 0 Å². The SMILES string of the molecule is CCCc1cc2c(=O)n(C)oc2c(CCC)c1OC(C)=O. The summed E-state index contributed by atoms with van der Waals surface area (Å²) in [5.74, 6) is 0.204. The molecule has 0 aliphatic heterocycles. The van der Waals surface area contributed by atoms with Crippen LogP contribution in [0.2, 0.25) is 0 Å². The van der Waals surface area contributed by atoms with Crippen LogP contribution in [0.25, 0.3) is 11.0 Å². The predicted molar refractivity (Wildman–Crippen MR) is 80.8 cm³/mol. The van der Waals surface area contributed by atoms with Gasteiger partial charge < -0.3 is 9.26 Å². The van der Waals surface area contributed by atoms with Gasteiger partial charge in [-0.3, -0.25) is 9.59 Å². The van der Waals surface area contributed by atoms with Crippen LogP contribution in [-0.4, -0.2) is 10.7 Å². The summed E-state index contributed by atoms with van der Waals surface area (Å²) in [4.78, 5) is 23.6. The molecule has 21 heavy (non-hydrogen) atoms. The third kappa shape index (κ3) is 2.86.